The highest BCUT2D eigenvalue weighted by atomic mass is 16.6. The minimum absolute atomic E-state index is 0.0679. The maximum absolute atomic E-state index is 12.4. The van der Waals surface area contributed by atoms with Crippen molar-refractivity contribution in [1.29, 1.82) is 0 Å². The molecule has 0 heterocycles. The lowest BCUT2D eigenvalue weighted by Gasteiger charge is -2.18. The summed E-state index contributed by atoms with van der Waals surface area (Å²) >= 11 is 0. The monoisotopic (exact) mass is 777 g/mol. The molecule has 0 aliphatic carbocycles. The van der Waals surface area contributed by atoms with Crippen molar-refractivity contribution in [2.75, 3.05) is 13.2 Å². The first-order valence-corrected chi connectivity index (χ1v) is 24.2. The molecule has 0 spiro atoms. The molecular weight excluding hydrogens is 685 g/mol. The number of hydrogen-bond donors (Lipinski definition) is 0. The Morgan fingerprint density at radius 2 is 0.600 bits per heavy atom. The molecule has 6 heteroatoms. The van der Waals surface area contributed by atoms with Crippen LogP contribution >= 0.6 is 0 Å². The third-order valence-corrected chi connectivity index (χ3v) is 10.8. The minimum Gasteiger partial charge on any atom is -0.462 e. The third-order valence-electron chi connectivity index (χ3n) is 10.8. The van der Waals surface area contributed by atoms with Gasteiger partial charge in [-0.15, -0.1) is 0 Å². The molecule has 1 unspecified atom stereocenters. The van der Waals surface area contributed by atoms with Crippen molar-refractivity contribution >= 4 is 17.9 Å². The Morgan fingerprint density at radius 3 is 0.909 bits per heavy atom. The van der Waals surface area contributed by atoms with Gasteiger partial charge in [-0.3, -0.25) is 14.4 Å². The van der Waals surface area contributed by atoms with Crippen LogP contribution in [0, 0.1) is 0 Å². The molecule has 0 saturated carbocycles. The Labute approximate surface area is 341 Å². The summed E-state index contributed by atoms with van der Waals surface area (Å²) in [7, 11) is 0. The quantitative estimate of drug-likeness (QED) is 0.0265. The predicted octanol–water partition coefficient (Wildman–Crippen LogP) is 15.4. The summed E-state index contributed by atoms with van der Waals surface area (Å²) in [6.45, 7) is 6.48. The number of carbonyl (C=O) groups excluding carboxylic acids is 3. The van der Waals surface area contributed by atoms with Crippen LogP contribution in [0.4, 0.5) is 0 Å². The second kappa shape index (κ2) is 44.9. The number of unbranched alkanes of at least 4 members (excludes halogenated alkanes) is 31. The Morgan fingerprint density at radius 1 is 0.345 bits per heavy atom. The van der Waals surface area contributed by atoms with E-state index in [0.717, 1.165) is 70.6 Å². The first kappa shape index (κ1) is 53.1. The smallest absolute Gasteiger partial charge is 0.306 e. The largest absolute Gasteiger partial charge is 0.462 e. The van der Waals surface area contributed by atoms with Crippen LogP contribution in [-0.2, 0) is 28.6 Å². The summed E-state index contributed by atoms with van der Waals surface area (Å²) in [5.74, 6) is -0.890. The van der Waals surface area contributed by atoms with Gasteiger partial charge in [0.05, 0.1) is 0 Å². The van der Waals surface area contributed by atoms with Gasteiger partial charge in [-0.25, -0.2) is 0 Å². The first-order chi connectivity index (χ1) is 27.0. The highest BCUT2D eigenvalue weighted by Gasteiger charge is 2.19. The van der Waals surface area contributed by atoms with Crippen LogP contribution in [0.3, 0.4) is 0 Å². The maximum Gasteiger partial charge on any atom is 0.306 e. The third kappa shape index (κ3) is 43.1. The molecule has 0 rings (SSSR count). The van der Waals surface area contributed by atoms with Crippen molar-refractivity contribution in [2.24, 2.45) is 0 Å². The van der Waals surface area contributed by atoms with Gasteiger partial charge in [0.1, 0.15) is 13.2 Å². The summed E-state index contributed by atoms with van der Waals surface area (Å²) in [5, 5.41) is 0. The zero-order valence-electron chi connectivity index (χ0n) is 37.0. The summed E-state index contributed by atoms with van der Waals surface area (Å²) in [4.78, 5) is 37.1. The summed E-state index contributed by atoms with van der Waals surface area (Å²) < 4.78 is 16.5. The molecule has 0 N–H and O–H groups in total. The highest BCUT2D eigenvalue weighted by Crippen LogP contribution is 2.16. The zero-order chi connectivity index (χ0) is 40.1. The minimum atomic E-state index is -0.757. The van der Waals surface area contributed by atoms with Gasteiger partial charge in [-0.1, -0.05) is 213 Å². The average molecular weight is 777 g/mol. The summed E-state index contributed by atoms with van der Waals surface area (Å²) in [5.41, 5.74) is 0. The number of allylic oxidation sites excluding steroid dienone is 2. The van der Waals surface area contributed by atoms with Crippen molar-refractivity contribution in [3.8, 4) is 0 Å². The second-order valence-electron chi connectivity index (χ2n) is 16.4. The number of carbonyl (C=O) groups is 3. The molecule has 324 valence electrons. The van der Waals surface area contributed by atoms with E-state index in [1.807, 2.05) is 0 Å². The molecule has 0 saturated heterocycles. The van der Waals surface area contributed by atoms with E-state index in [0.29, 0.717) is 19.3 Å². The molecule has 0 aliphatic rings. The fourth-order valence-corrected chi connectivity index (χ4v) is 7.08. The summed E-state index contributed by atoms with van der Waals surface area (Å²) in [6.07, 6.45) is 48.7. The normalized spacial score (nSPS) is 12.0. The molecule has 0 radical (unpaired) electrons. The van der Waals surface area contributed by atoms with Gasteiger partial charge < -0.3 is 14.2 Å². The van der Waals surface area contributed by atoms with E-state index < -0.39 is 6.10 Å². The molecule has 0 aromatic carbocycles. The molecule has 1 atom stereocenters. The van der Waals surface area contributed by atoms with E-state index in [2.05, 4.69) is 32.9 Å². The SMILES string of the molecule is CCCCCCCCCC/C=C\CCCCCCCCCCCCCCCCCC(=O)OCC(COC(=O)CCCCCCC)OC(=O)CCCCCCC. The van der Waals surface area contributed by atoms with Crippen LogP contribution < -0.4 is 0 Å². The fraction of sp³-hybridized carbons (Fsp3) is 0.898. The predicted molar refractivity (Wildman–Crippen MR) is 233 cm³/mol. The molecule has 0 amide bonds. The van der Waals surface area contributed by atoms with Crippen LogP contribution in [0.25, 0.3) is 0 Å². The fourth-order valence-electron chi connectivity index (χ4n) is 7.08. The van der Waals surface area contributed by atoms with Crippen molar-refractivity contribution in [1.82, 2.24) is 0 Å². The zero-order valence-corrected chi connectivity index (χ0v) is 37.0. The first-order valence-electron chi connectivity index (χ1n) is 24.2. The molecule has 55 heavy (non-hydrogen) atoms. The molecule has 0 fully saturated rings. The van der Waals surface area contributed by atoms with Gasteiger partial charge in [0, 0.05) is 19.3 Å². The molecular formula is C49H92O6. The van der Waals surface area contributed by atoms with Crippen molar-refractivity contribution in [3.63, 3.8) is 0 Å². The summed E-state index contributed by atoms with van der Waals surface area (Å²) in [6, 6.07) is 0. The second-order valence-corrected chi connectivity index (χ2v) is 16.4. The van der Waals surface area contributed by atoms with Crippen LogP contribution in [0.1, 0.15) is 265 Å². The van der Waals surface area contributed by atoms with E-state index in [4.69, 9.17) is 14.2 Å². The van der Waals surface area contributed by atoms with Crippen molar-refractivity contribution < 1.29 is 28.6 Å². The van der Waals surface area contributed by atoms with Crippen LogP contribution in [0.2, 0.25) is 0 Å². The lowest BCUT2D eigenvalue weighted by atomic mass is 10.0. The number of esters is 3. The van der Waals surface area contributed by atoms with Crippen LogP contribution in [0.15, 0.2) is 12.2 Å². The van der Waals surface area contributed by atoms with Gasteiger partial charge in [-0.05, 0) is 44.9 Å². The van der Waals surface area contributed by atoms with E-state index in [-0.39, 0.29) is 31.1 Å². The number of hydrogen-bond acceptors (Lipinski definition) is 6. The molecule has 6 nitrogen and oxygen atoms in total. The average Bonchev–Trinajstić information content (AvgIpc) is 3.18. The molecule has 0 aliphatic heterocycles. The lowest BCUT2D eigenvalue weighted by Crippen LogP contribution is -2.30. The standard InChI is InChI=1S/C49H92O6/c1-4-7-10-13-14-15-16-17-18-19-20-21-22-23-24-25-26-27-28-29-30-31-32-33-34-37-39-42-48(51)54-45-46(55-49(52)43-40-36-12-9-6-3)44-53-47(50)41-38-35-11-8-5-2/h19-20,46H,4-18,21-45H2,1-3H3/b20-19-. The molecule has 0 bridgehead atoms. The van der Waals surface area contributed by atoms with E-state index in [9.17, 15) is 14.4 Å². The Kier molecular flexibility index (Phi) is 43.4. The van der Waals surface area contributed by atoms with Gasteiger partial charge in [0.15, 0.2) is 6.10 Å². The number of rotatable bonds is 44. The van der Waals surface area contributed by atoms with Crippen LogP contribution in [-0.4, -0.2) is 37.2 Å². The van der Waals surface area contributed by atoms with Crippen molar-refractivity contribution in [3.05, 3.63) is 12.2 Å². The van der Waals surface area contributed by atoms with Gasteiger partial charge in [-0.2, -0.15) is 0 Å². The topological polar surface area (TPSA) is 78.9 Å². The number of ether oxygens (including phenoxy) is 3. The Hall–Kier alpha value is -1.85. The van der Waals surface area contributed by atoms with Crippen molar-refractivity contribution in [2.45, 2.75) is 271 Å². The van der Waals surface area contributed by atoms with Gasteiger partial charge in [0.25, 0.3) is 0 Å². The van der Waals surface area contributed by atoms with Gasteiger partial charge in [0.2, 0.25) is 0 Å². The highest BCUT2D eigenvalue weighted by molar-refractivity contribution is 5.71. The Bertz CT molecular complexity index is 854. The van der Waals surface area contributed by atoms with E-state index >= 15 is 0 Å². The van der Waals surface area contributed by atoms with Gasteiger partial charge >= 0.3 is 17.9 Å². The van der Waals surface area contributed by atoms with E-state index in [1.165, 1.54) is 154 Å². The Balaban J connectivity index is 3.79. The molecule has 0 aromatic rings. The lowest BCUT2D eigenvalue weighted by molar-refractivity contribution is -0.167. The maximum atomic E-state index is 12.4. The van der Waals surface area contributed by atoms with E-state index in [1.54, 1.807) is 0 Å². The molecule has 0 aromatic heterocycles. The van der Waals surface area contributed by atoms with Crippen LogP contribution in [0.5, 0.6) is 0 Å².